The van der Waals surface area contributed by atoms with E-state index in [4.69, 9.17) is 11.6 Å². The van der Waals surface area contributed by atoms with Gasteiger partial charge in [0.25, 0.3) is 5.91 Å². The number of anilines is 1. The Morgan fingerprint density at radius 1 is 1.03 bits per heavy atom. The van der Waals surface area contributed by atoms with Crippen LogP contribution in [-0.2, 0) is 10.2 Å². The highest BCUT2D eigenvalue weighted by molar-refractivity contribution is 8.18. The third-order valence-corrected chi connectivity index (χ3v) is 6.87. The number of amides is 1. The number of benzene rings is 1. The molecule has 2 aromatic rings. The van der Waals surface area contributed by atoms with Crippen LogP contribution in [0.1, 0.15) is 31.9 Å². The predicted octanol–water partition coefficient (Wildman–Crippen LogP) is 5.38. The first-order chi connectivity index (χ1) is 15.3. The van der Waals surface area contributed by atoms with Gasteiger partial charge in [0.2, 0.25) is 0 Å². The van der Waals surface area contributed by atoms with Crippen molar-refractivity contribution >= 4 is 46.3 Å². The number of hydrogen-bond donors (Lipinski definition) is 0. The molecule has 0 saturated carbocycles. The van der Waals surface area contributed by atoms with Crippen LogP contribution in [0.4, 0.5) is 5.82 Å². The highest BCUT2D eigenvalue weighted by Crippen LogP contribution is 2.30. The van der Waals surface area contributed by atoms with E-state index in [1.165, 1.54) is 17.3 Å². The van der Waals surface area contributed by atoms with Gasteiger partial charge in [-0.25, -0.2) is 4.98 Å². The van der Waals surface area contributed by atoms with Gasteiger partial charge in [0.1, 0.15) is 5.82 Å². The molecule has 1 aromatic heterocycles. The number of rotatable bonds is 3. The molecule has 0 atom stereocenters. The molecule has 1 saturated heterocycles. The van der Waals surface area contributed by atoms with E-state index in [2.05, 4.69) is 64.8 Å². The van der Waals surface area contributed by atoms with Crippen molar-refractivity contribution < 1.29 is 4.79 Å². The maximum atomic E-state index is 12.4. The highest BCUT2D eigenvalue weighted by Gasteiger charge is 2.28. The molecule has 0 aliphatic carbocycles. The topological polar surface area (TPSA) is 48.8 Å². The number of aromatic nitrogens is 1. The van der Waals surface area contributed by atoms with Crippen LogP contribution in [-0.4, -0.2) is 47.1 Å². The number of pyridine rings is 1. The van der Waals surface area contributed by atoms with Gasteiger partial charge in [-0.15, -0.1) is 0 Å². The maximum absolute atomic E-state index is 12.4. The summed E-state index contributed by atoms with van der Waals surface area (Å²) in [7, 11) is 0. The van der Waals surface area contributed by atoms with E-state index in [0.717, 1.165) is 42.7 Å². The van der Waals surface area contributed by atoms with E-state index in [1.54, 1.807) is 6.20 Å². The van der Waals surface area contributed by atoms with E-state index in [9.17, 15) is 4.79 Å². The molecule has 2 aliphatic heterocycles. The summed E-state index contributed by atoms with van der Waals surface area (Å²) in [5, 5.41) is 1.43. The van der Waals surface area contributed by atoms with E-state index in [-0.39, 0.29) is 11.3 Å². The SMILES string of the molecule is CC(C)(C)c1ccc(C=CC=C2SC(N3CCN(c4ncccc4Cl)CC3)=NC2=O)cc1. The zero-order chi connectivity index (χ0) is 22.7. The first kappa shape index (κ1) is 22.6. The van der Waals surface area contributed by atoms with Crippen molar-refractivity contribution in [3.8, 4) is 0 Å². The van der Waals surface area contributed by atoms with Crippen molar-refractivity contribution in [1.29, 1.82) is 0 Å². The summed E-state index contributed by atoms with van der Waals surface area (Å²) in [4.78, 5) is 26.0. The van der Waals surface area contributed by atoms with Crippen molar-refractivity contribution in [2.75, 3.05) is 31.1 Å². The van der Waals surface area contributed by atoms with E-state index in [1.807, 2.05) is 30.4 Å². The summed E-state index contributed by atoms with van der Waals surface area (Å²) in [6.07, 6.45) is 7.55. The quantitative estimate of drug-likeness (QED) is 0.568. The second kappa shape index (κ2) is 9.51. The summed E-state index contributed by atoms with van der Waals surface area (Å²) in [6, 6.07) is 12.2. The average molecular weight is 467 g/mol. The molecule has 0 spiro atoms. The molecule has 1 aromatic carbocycles. The van der Waals surface area contributed by atoms with Gasteiger partial charge in [0.15, 0.2) is 5.17 Å². The minimum atomic E-state index is -0.173. The second-order valence-corrected chi connectivity index (χ2v) is 10.3. The number of carbonyl (C=O) groups excluding carboxylic acids is 1. The van der Waals surface area contributed by atoms with Crippen LogP contribution in [0, 0.1) is 0 Å². The first-order valence-corrected chi connectivity index (χ1v) is 11.9. The van der Waals surface area contributed by atoms with Gasteiger partial charge in [-0.2, -0.15) is 4.99 Å². The van der Waals surface area contributed by atoms with Crippen LogP contribution in [0.15, 0.2) is 64.6 Å². The van der Waals surface area contributed by atoms with Gasteiger partial charge in [-0.3, -0.25) is 4.79 Å². The van der Waals surface area contributed by atoms with Crippen LogP contribution in [0.3, 0.4) is 0 Å². The third-order valence-electron chi connectivity index (χ3n) is 5.51. The predicted molar refractivity (Wildman–Crippen MR) is 135 cm³/mol. The Hall–Kier alpha value is -2.57. The molecule has 3 heterocycles. The molecule has 0 unspecified atom stereocenters. The molecule has 0 bridgehead atoms. The number of thioether (sulfide) groups is 1. The summed E-state index contributed by atoms with van der Waals surface area (Å²) in [5.41, 5.74) is 2.55. The van der Waals surface area contributed by atoms with Crippen molar-refractivity contribution in [3.63, 3.8) is 0 Å². The fraction of sp³-hybridized carbons (Fsp3) is 0.320. The standard InChI is InChI=1S/C25H27ClN4OS/c1-25(2,3)19-11-9-18(10-12-19)6-4-8-21-23(31)28-24(32-21)30-16-14-29(15-17-30)22-20(26)7-5-13-27-22/h4-13H,14-17H2,1-3H3. The van der Waals surface area contributed by atoms with Crippen LogP contribution in [0.2, 0.25) is 5.02 Å². The Morgan fingerprint density at radius 2 is 1.72 bits per heavy atom. The number of hydrogen-bond acceptors (Lipinski definition) is 5. The molecule has 1 fully saturated rings. The maximum Gasteiger partial charge on any atom is 0.286 e. The number of piperazine rings is 1. The molecule has 0 N–H and O–H groups in total. The summed E-state index contributed by atoms with van der Waals surface area (Å²) in [6.45, 7) is 9.73. The molecule has 0 radical (unpaired) electrons. The lowest BCUT2D eigenvalue weighted by Gasteiger charge is -2.36. The Bertz CT molecular complexity index is 1080. The van der Waals surface area contributed by atoms with Crippen molar-refractivity contribution in [3.05, 3.63) is 75.8 Å². The fourth-order valence-electron chi connectivity index (χ4n) is 3.61. The molecule has 32 heavy (non-hydrogen) atoms. The monoisotopic (exact) mass is 466 g/mol. The minimum absolute atomic E-state index is 0.139. The van der Waals surface area contributed by atoms with Crippen LogP contribution in [0.5, 0.6) is 0 Å². The minimum Gasteiger partial charge on any atom is -0.352 e. The Balaban J connectivity index is 1.34. The zero-order valence-electron chi connectivity index (χ0n) is 18.6. The smallest absolute Gasteiger partial charge is 0.286 e. The van der Waals surface area contributed by atoms with Gasteiger partial charge in [-0.1, -0.05) is 68.8 Å². The summed E-state index contributed by atoms with van der Waals surface area (Å²) in [5.74, 6) is 0.639. The summed E-state index contributed by atoms with van der Waals surface area (Å²) < 4.78 is 0. The molecule has 7 heteroatoms. The van der Waals surface area contributed by atoms with Crippen LogP contribution >= 0.6 is 23.4 Å². The molecule has 4 rings (SSSR count). The van der Waals surface area contributed by atoms with Gasteiger partial charge < -0.3 is 9.80 Å². The molecule has 2 aliphatic rings. The largest absolute Gasteiger partial charge is 0.352 e. The molecule has 5 nitrogen and oxygen atoms in total. The van der Waals surface area contributed by atoms with Crippen LogP contribution < -0.4 is 4.90 Å². The Labute approximate surface area is 198 Å². The van der Waals surface area contributed by atoms with Gasteiger partial charge in [0.05, 0.1) is 9.93 Å². The van der Waals surface area contributed by atoms with Crippen molar-refractivity contribution in [2.45, 2.75) is 26.2 Å². The first-order valence-electron chi connectivity index (χ1n) is 10.7. The van der Waals surface area contributed by atoms with Gasteiger partial charge >= 0.3 is 0 Å². The zero-order valence-corrected chi connectivity index (χ0v) is 20.2. The lowest BCUT2D eigenvalue weighted by Crippen LogP contribution is -2.48. The number of amidine groups is 1. The lowest BCUT2D eigenvalue weighted by molar-refractivity contribution is -0.113. The van der Waals surface area contributed by atoms with Crippen LogP contribution in [0.25, 0.3) is 6.08 Å². The molecule has 166 valence electrons. The second-order valence-electron chi connectivity index (χ2n) is 8.85. The van der Waals surface area contributed by atoms with Gasteiger partial charge in [0, 0.05) is 32.4 Å². The van der Waals surface area contributed by atoms with Crippen molar-refractivity contribution in [1.82, 2.24) is 9.88 Å². The van der Waals surface area contributed by atoms with Crippen molar-refractivity contribution in [2.24, 2.45) is 4.99 Å². The normalized spacial score (nSPS) is 18.7. The van der Waals surface area contributed by atoms with E-state index in [0.29, 0.717) is 9.93 Å². The van der Waals surface area contributed by atoms with E-state index >= 15 is 0 Å². The Kier molecular flexibility index (Phi) is 6.72. The molecular weight excluding hydrogens is 440 g/mol. The fourth-order valence-corrected chi connectivity index (χ4v) is 4.77. The third kappa shape index (κ3) is 5.25. The summed E-state index contributed by atoms with van der Waals surface area (Å²) >= 11 is 7.72. The average Bonchev–Trinajstić information content (AvgIpc) is 3.14. The number of carbonyl (C=O) groups is 1. The Morgan fingerprint density at radius 3 is 2.38 bits per heavy atom. The van der Waals surface area contributed by atoms with Gasteiger partial charge in [-0.05, 0) is 46.5 Å². The highest BCUT2D eigenvalue weighted by atomic mass is 35.5. The number of nitrogens with zero attached hydrogens (tertiary/aromatic N) is 4. The number of halogens is 1. The lowest BCUT2D eigenvalue weighted by atomic mass is 9.87. The van der Waals surface area contributed by atoms with E-state index < -0.39 is 0 Å². The molecule has 1 amide bonds. The molecular formula is C25H27ClN4OS. The number of aliphatic imine (C=N–C) groups is 1. The number of allylic oxidation sites excluding steroid dienone is 2.